The number of benzene rings is 1. The SMILES string of the molecule is C=CCN(CC(=O)O)C(=O)N(CC)c1cc(O)ccc1C. The second-order valence-electron chi connectivity index (χ2n) is 4.56. The van der Waals surface area contributed by atoms with Crippen LogP contribution in [-0.4, -0.2) is 46.7 Å². The lowest BCUT2D eigenvalue weighted by molar-refractivity contribution is -0.137. The van der Waals surface area contributed by atoms with Gasteiger partial charge >= 0.3 is 12.0 Å². The number of aromatic hydroxyl groups is 1. The van der Waals surface area contributed by atoms with Gasteiger partial charge in [0.05, 0.1) is 5.69 Å². The van der Waals surface area contributed by atoms with Crippen LogP contribution in [0, 0.1) is 6.92 Å². The highest BCUT2D eigenvalue weighted by atomic mass is 16.4. The summed E-state index contributed by atoms with van der Waals surface area (Å²) in [6, 6.07) is 4.29. The average Bonchev–Trinajstić information content (AvgIpc) is 2.42. The number of carbonyl (C=O) groups excluding carboxylic acids is 1. The van der Waals surface area contributed by atoms with Crippen LogP contribution in [-0.2, 0) is 4.79 Å². The summed E-state index contributed by atoms with van der Waals surface area (Å²) in [5.74, 6) is -1.04. The molecule has 21 heavy (non-hydrogen) atoms. The molecule has 1 aromatic carbocycles. The summed E-state index contributed by atoms with van der Waals surface area (Å²) in [7, 11) is 0. The fourth-order valence-corrected chi connectivity index (χ4v) is 2.00. The predicted octanol–water partition coefficient (Wildman–Crippen LogP) is 2.22. The molecule has 0 radical (unpaired) electrons. The maximum absolute atomic E-state index is 12.5. The average molecular weight is 292 g/mol. The van der Waals surface area contributed by atoms with Crippen molar-refractivity contribution in [1.29, 1.82) is 0 Å². The van der Waals surface area contributed by atoms with E-state index in [2.05, 4.69) is 6.58 Å². The van der Waals surface area contributed by atoms with Gasteiger partial charge in [-0.05, 0) is 25.5 Å². The molecule has 0 aromatic heterocycles. The summed E-state index contributed by atoms with van der Waals surface area (Å²) in [5.41, 5.74) is 1.37. The number of carboxylic acid groups (broad SMARTS) is 1. The molecule has 0 aliphatic heterocycles. The summed E-state index contributed by atoms with van der Waals surface area (Å²) in [5, 5.41) is 18.5. The van der Waals surface area contributed by atoms with E-state index in [4.69, 9.17) is 5.11 Å². The zero-order valence-corrected chi connectivity index (χ0v) is 12.2. The molecule has 114 valence electrons. The van der Waals surface area contributed by atoms with E-state index in [0.29, 0.717) is 12.2 Å². The van der Waals surface area contributed by atoms with Gasteiger partial charge in [-0.3, -0.25) is 9.69 Å². The second-order valence-corrected chi connectivity index (χ2v) is 4.56. The molecule has 0 fully saturated rings. The topological polar surface area (TPSA) is 81.1 Å². The summed E-state index contributed by atoms with van der Waals surface area (Å²) >= 11 is 0. The first-order valence-corrected chi connectivity index (χ1v) is 6.59. The van der Waals surface area contributed by atoms with Gasteiger partial charge in [-0.2, -0.15) is 0 Å². The molecule has 0 bridgehead atoms. The van der Waals surface area contributed by atoms with E-state index < -0.39 is 18.5 Å². The van der Waals surface area contributed by atoms with Crippen molar-refractivity contribution in [3.05, 3.63) is 36.4 Å². The molecule has 1 rings (SSSR count). The van der Waals surface area contributed by atoms with Crippen LogP contribution in [0.1, 0.15) is 12.5 Å². The Kier molecular flexibility index (Phi) is 5.78. The quantitative estimate of drug-likeness (QED) is 0.788. The van der Waals surface area contributed by atoms with Gasteiger partial charge in [0.2, 0.25) is 0 Å². The van der Waals surface area contributed by atoms with Crippen molar-refractivity contribution in [3.63, 3.8) is 0 Å². The predicted molar refractivity (Wildman–Crippen MR) is 80.7 cm³/mol. The first-order valence-electron chi connectivity index (χ1n) is 6.59. The molecule has 6 nitrogen and oxygen atoms in total. The maximum atomic E-state index is 12.5. The summed E-state index contributed by atoms with van der Waals surface area (Å²) in [6.45, 7) is 7.23. The number of hydrogen-bond donors (Lipinski definition) is 2. The second kappa shape index (κ2) is 7.33. The third-order valence-electron chi connectivity index (χ3n) is 2.98. The Balaban J connectivity index is 3.11. The highest BCUT2D eigenvalue weighted by Crippen LogP contribution is 2.25. The first-order chi connectivity index (χ1) is 9.90. The Hall–Kier alpha value is -2.50. The van der Waals surface area contributed by atoms with Crippen molar-refractivity contribution in [2.75, 3.05) is 24.5 Å². The Morgan fingerprint density at radius 1 is 1.38 bits per heavy atom. The third kappa shape index (κ3) is 4.24. The number of carbonyl (C=O) groups is 2. The van der Waals surface area contributed by atoms with E-state index in [9.17, 15) is 14.7 Å². The molecule has 0 spiro atoms. The van der Waals surface area contributed by atoms with Crippen LogP contribution in [0.5, 0.6) is 5.75 Å². The van der Waals surface area contributed by atoms with E-state index >= 15 is 0 Å². The van der Waals surface area contributed by atoms with E-state index in [1.807, 2.05) is 6.92 Å². The molecule has 2 amide bonds. The highest BCUT2D eigenvalue weighted by Gasteiger charge is 2.23. The number of nitrogens with zero attached hydrogens (tertiary/aromatic N) is 2. The molecule has 1 aromatic rings. The number of hydrogen-bond acceptors (Lipinski definition) is 3. The Labute approximate surface area is 123 Å². The summed E-state index contributed by atoms with van der Waals surface area (Å²) < 4.78 is 0. The molecule has 0 aliphatic carbocycles. The first kappa shape index (κ1) is 16.6. The van der Waals surface area contributed by atoms with Crippen LogP contribution in [0.25, 0.3) is 0 Å². The van der Waals surface area contributed by atoms with Crippen LogP contribution < -0.4 is 4.90 Å². The van der Waals surface area contributed by atoms with Gasteiger partial charge in [-0.25, -0.2) is 4.79 Å². The largest absolute Gasteiger partial charge is 0.508 e. The lowest BCUT2D eigenvalue weighted by Crippen LogP contribution is -2.45. The molecule has 0 saturated heterocycles. The number of carboxylic acids is 1. The van der Waals surface area contributed by atoms with E-state index in [0.717, 1.165) is 5.56 Å². The van der Waals surface area contributed by atoms with E-state index in [-0.39, 0.29) is 12.3 Å². The van der Waals surface area contributed by atoms with Crippen molar-refractivity contribution in [2.24, 2.45) is 0 Å². The number of anilines is 1. The van der Waals surface area contributed by atoms with Gasteiger partial charge in [-0.1, -0.05) is 12.1 Å². The highest BCUT2D eigenvalue weighted by molar-refractivity contribution is 5.94. The standard InChI is InChI=1S/C15H20N2O4/c1-4-8-16(10-14(19)20)15(21)17(5-2)13-9-12(18)7-6-11(13)3/h4,6-7,9,18H,1,5,8,10H2,2-3H3,(H,19,20). The molecule has 6 heteroatoms. The number of phenolic OH excluding ortho intramolecular Hbond substituents is 1. The Morgan fingerprint density at radius 2 is 2.05 bits per heavy atom. The number of aliphatic carboxylic acids is 1. The smallest absolute Gasteiger partial charge is 0.325 e. The molecule has 0 unspecified atom stereocenters. The van der Waals surface area contributed by atoms with Gasteiger partial charge in [0, 0.05) is 19.2 Å². The van der Waals surface area contributed by atoms with Gasteiger partial charge in [0.25, 0.3) is 0 Å². The van der Waals surface area contributed by atoms with Gasteiger partial charge in [0.1, 0.15) is 12.3 Å². The number of rotatable bonds is 6. The molecule has 0 heterocycles. The lowest BCUT2D eigenvalue weighted by atomic mass is 10.1. The zero-order valence-electron chi connectivity index (χ0n) is 12.2. The Morgan fingerprint density at radius 3 is 2.57 bits per heavy atom. The van der Waals surface area contributed by atoms with Crippen LogP contribution >= 0.6 is 0 Å². The zero-order chi connectivity index (χ0) is 16.0. The number of urea groups is 1. The molecular weight excluding hydrogens is 272 g/mol. The minimum atomic E-state index is -1.09. The fourth-order valence-electron chi connectivity index (χ4n) is 2.00. The van der Waals surface area contributed by atoms with Crippen molar-refractivity contribution in [1.82, 2.24) is 4.90 Å². The minimum absolute atomic E-state index is 0.0513. The van der Waals surface area contributed by atoms with Gasteiger partial charge in [-0.15, -0.1) is 6.58 Å². The number of phenols is 1. The summed E-state index contributed by atoms with van der Waals surface area (Å²) in [6.07, 6.45) is 1.48. The maximum Gasteiger partial charge on any atom is 0.325 e. The monoisotopic (exact) mass is 292 g/mol. The number of aryl methyl sites for hydroxylation is 1. The molecule has 0 saturated carbocycles. The number of amides is 2. The molecule has 2 N–H and O–H groups in total. The normalized spacial score (nSPS) is 10.0. The molecule has 0 atom stereocenters. The molecular formula is C15H20N2O4. The van der Waals surface area contributed by atoms with Crippen molar-refractivity contribution < 1.29 is 19.8 Å². The van der Waals surface area contributed by atoms with Gasteiger partial charge < -0.3 is 15.1 Å². The van der Waals surface area contributed by atoms with E-state index in [1.165, 1.54) is 28.0 Å². The van der Waals surface area contributed by atoms with Crippen molar-refractivity contribution >= 4 is 17.7 Å². The summed E-state index contributed by atoms with van der Waals surface area (Å²) in [4.78, 5) is 26.0. The van der Waals surface area contributed by atoms with Crippen LogP contribution in [0.15, 0.2) is 30.9 Å². The van der Waals surface area contributed by atoms with E-state index in [1.54, 1.807) is 13.0 Å². The van der Waals surface area contributed by atoms with Crippen molar-refractivity contribution in [2.45, 2.75) is 13.8 Å². The van der Waals surface area contributed by atoms with Crippen LogP contribution in [0.4, 0.5) is 10.5 Å². The lowest BCUT2D eigenvalue weighted by Gasteiger charge is -2.29. The molecule has 0 aliphatic rings. The third-order valence-corrected chi connectivity index (χ3v) is 2.98. The van der Waals surface area contributed by atoms with Crippen LogP contribution in [0.2, 0.25) is 0 Å². The Bertz CT molecular complexity index is 542. The van der Waals surface area contributed by atoms with Crippen LogP contribution in [0.3, 0.4) is 0 Å². The van der Waals surface area contributed by atoms with Gasteiger partial charge in [0.15, 0.2) is 0 Å². The fraction of sp³-hybridized carbons (Fsp3) is 0.333. The van der Waals surface area contributed by atoms with Crippen molar-refractivity contribution in [3.8, 4) is 5.75 Å². The minimum Gasteiger partial charge on any atom is -0.508 e.